The molecule has 1 aromatic rings. The Bertz CT molecular complexity index is 314. The van der Waals surface area contributed by atoms with E-state index >= 15 is 0 Å². The van der Waals surface area contributed by atoms with Gasteiger partial charge in [-0.15, -0.1) is 0 Å². The fraction of sp³-hybridized carbons (Fsp3) is 0.364. The summed E-state index contributed by atoms with van der Waals surface area (Å²) in [6.45, 7) is 6.74. The average Bonchev–Trinajstić information content (AvgIpc) is 2.01. The van der Waals surface area contributed by atoms with Gasteiger partial charge < -0.3 is 4.74 Å². The summed E-state index contributed by atoms with van der Waals surface area (Å²) in [5, 5.41) is 0. The molecule has 0 aliphatic carbocycles. The molecule has 0 aliphatic heterocycles. The summed E-state index contributed by atoms with van der Waals surface area (Å²) in [6, 6.07) is 6.37. The Balaban J connectivity index is 2.71. The van der Waals surface area contributed by atoms with Crippen molar-refractivity contribution >= 4 is 28.4 Å². The Labute approximate surface area is 94.9 Å². The molecule has 0 atom stereocenters. The topological polar surface area (TPSA) is 9.23 Å². The number of benzene rings is 1. The lowest BCUT2D eigenvalue weighted by atomic mass is 10.2. The average molecular weight is 226 g/mol. The van der Waals surface area contributed by atoms with Crippen LogP contribution in [0.25, 0.3) is 0 Å². The molecule has 0 heterocycles. The molecular weight excluding hydrogens is 212 g/mol. The number of ether oxygens (including phenoxy) is 1. The van der Waals surface area contributed by atoms with Crippen molar-refractivity contribution in [3.63, 3.8) is 0 Å². The molecule has 0 amide bonds. The number of thioether (sulfide) groups is 1. The molecule has 0 fully saturated rings. The van der Waals surface area contributed by atoms with Crippen LogP contribution in [0.5, 0.6) is 0 Å². The first-order chi connectivity index (χ1) is 6.61. The minimum absolute atomic E-state index is 0.595. The van der Waals surface area contributed by atoms with Gasteiger partial charge in [-0.05, 0) is 68.0 Å². The number of hydrogen-bond acceptors (Lipinski definition) is 3. The maximum Gasteiger partial charge on any atom is 0.224 e. The van der Waals surface area contributed by atoms with Crippen LogP contribution in [0.15, 0.2) is 23.1 Å². The predicted molar refractivity (Wildman–Crippen MR) is 66.0 cm³/mol. The molecule has 0 aromatic heterocycles. The summed E-state index contributed by atoms with van der Waals surface area (Å²) in [5.41, 5.74) is 2.51. The van der Waals surface area contributed by atoms with Gasteiger partial charge in [-0.25, -0.2) is 0 Å². The Hall–Kier alpha value is -0.540. The molecule has 1 rings (SSSR count). The molecule has 0 spiro atoms. The monoisotopic (exact) mass is 226 g/mol. The summed E-state index contributed by atoms with van der Waals surface area (Å²) >= 11 is 6.57. The van der Waals surface area contributed by atoms with Gasteiger partial charge in [0.2, 0.25) is 4.38 Å². The molecule has 1 nitrogen and oxygen atoms in total. The summed E-state index contributed by atoms with van der Waals surface area (Å²) < 4.78 is 5.81. The van der Waals surface area contributed by atoms with Crippen LogP contribution in [0.2, 0.25) is 0 Å². The van der Waals surface area contributed by atoms with Gasteiger partial charge in [0.1, 0.15) is 0 Å². The molecule has 1 aromatic carbocycles. The molecule has 0 saturated carbocycles. The molecule has 0 saturated heterocycles. The van der Waals surface area contributed by atoms with Crippen LogP contribution in [-0.4, -0.2) is 11.0 Å². The molecule has 14 heavy (non-hydrogen) atoms. The van der Waals surface area contributed by atoms with E-state index in [-0.39, 0.29) is 0 Å². The molecule has 76 valence electrons. The minimum atomic E-state index is 0.595. The van der Waals surface area contributed by atoms with Crippen molar-refractivity contribution < 1.29 is 4.74 Å². The first-order valence-corrected chi connectivity index (χ1v) is 5.77. The van der Waals surface area contributed by atoms with Crippen molar-refractivity contribution in [2.75, 3.05) is 6.61 Å². The first kappa shape index (κ1) is 11.5. The summed E-state index contributed by atoms with van der Waals surface area (Å²) in [6.07, 6.45) is 0. The van der Waals surface area contributed by atoms with Crippen LogP contribution >= 0.6 is 24.0 Å². The molecule has 0 radical (unpaired) electrons. The highest BCUT2D eigenvalue weighted by molar-refractivity contribution is 8.22. The number of rotatable bonds is 2. The predicted octanol–water partition coefficient (Wildman–Crippen LogP) is 3.72. The normalized spacial score (nSPS) is 9.93. The second-order valence-corrected chi connectivity index (χ2v) is 4.78. The summed E-state index contributed by atoms with van der Waals surface area (Å²) in [5.74, 6) is 0. The van der Waals surface area contributed by atoms with Crippen LogP contribution in [0.4, 0.5) is 0 Å². The van der Waals surface area contributed by atoms with Gasteiger partial charge in [0.15, 0.2) is 0 Å². The van der Waals surface area contributed by atoms with Gasteiger partial charge in [-0.2, -0.15) is 0 Å². The molecule has 0 bridgehead atoms. The lowest BCUT2D eigenvalue weighted by Gasteiger charge is -2.05. The van der Waals surface area contributed by atoms with Crippen molar-refractivity contribution in [1.29, 1.82) is 0 Å². The highest BCUT2D eigenvalue weighted by Gasteiger charge is 2.01. The van der Waals surface area contributed by atoms with E-state index in [0.29, 0.717) is 11.0 Å². The number of thiocarbonyl (C=S) groups is 1. The van der Waals surface area contributed by atoms with Crippen molar-refractivity contribution in [3.05, 3.63) is 29.3 Å². The zero-order chi connectivity index (χ0) is 10.6. The van der Waals surface area contributed by atoms with Gasteiger partial charge in [0.25, 0.3) is 0 Å². The molecule has 0 unspecified atom stereocenters. The van der Waals surface area contributed by atoms with E-state index in [9.17, 15) is 0 Å². The Morgan fingerprint density at radius 3 is 2.36 bits per heavy atom. The van der Waals surface area contributed by atoms with E-state index in [4.69, 9.17) is 17.0 Å². The second kappa shape index (κ2) is 5.37. The lowest BCUT2D eigenvalue weighted by Crippen LogP contribution is -1.95. The second-order valence-electron chi connectivity index (χ2n) is 3.11. The van der Waals surface area contributed by atoms with Gasteiger partial charge in [0, 0.05) is 4.90 Å². The third-order valence-electron chi connectivity index (χ3n) is 1.66. The lowest BCUT2D eigenvalue weighted by molar-refractivity contribution is 0.346. The van der Waals surface area contributed by atoms with Crippen LogP contribution in [0, 0.1) is 13.8 Å². The van der Waals surface area contributed by atoms with Crippen LogP contribution in [0.3, 0.4) is 0 Å². The molecular formula is C11H14OS2. The maximum absolute atomic E-state index is 5.22. The smallest absolute Gasteiger partial charge is 0.224 e. The van der Waals surface area contributed by atoms with E-state index < -0.39 is 0 Å². The summed E-state index contributed by atoms with van der Waals surface area (Å²) in [4.78, 5) is 1.15. The number of aryl methyl sites for hydroxylation is 2. The number of hydrogen-bond donors (Lipinski definition) is 0. The highest BCUT2D eigenvalue weighted by atomic mass is 32.2. The third kappa shape index (κ3) is 3.68. The van der Waals surface area contributed by atoms with E-state index in [0.717, 1.165) is 4.90 Å². The van der Waals surface area contributed by atoms with Crippen molar-refractivity contribution in [3.8, 4) is 0 Å². The van der Waals surface area contributed by atoms with E-state index in [1.807, 2.05) is 6.92 Å². The Kier molecular flexibility index (Phi) is 4.42. The highest BCUT2D eigenvalue weighted by Crippen LogP contribution is 2.22. The molecule has 0 aliphatic rings. The summed E-state index contributed by atoms with van der Waals surface area (Å²) in [7, 11) is 0. The fourth-order valence-electron chi connectivity index (χ4n) is 1.24. The fourth-order valence-corrected chi connectivity index (χ4v) is 2.50. The van der Waals surface area contributed by atoms with Crippen molar-refractivity contribution in [2.45, 2.75) is 25.7 Å². The first-order valence-electron chi connectivity index (χ1n) is 4.54. The van der Waals surface area contributed by atoms with Gasteiger partial charge in [-0.3, -0.25) is 0 Å². The van der Waals surface area contributed by atoms with E-state index in [2.05, 4.69) is 32.0 Å². The minimum Gasteiger partial charge on any atom is -0.479 e. The van der Waals surface area contributed by atoms with Crippen molar-refractivity contribution in [1.82, 2.24) is 0 Å². The van der Waals surface area contributed by atoms with E-state index in [1.165, 1.54) is 22.9 Å². The van der Waals surface area contributed by atoms with E-state index in [1.54, 1.807) is 0 Å². The van der Waals surface area contributed by atoms with Crippen LogP contribution in [0.1, 0.15) is 18.1 Å². The SMILES string of the molecule is CCOC(=S)Sc1cc(C)cc(C)c1. The van der Waals surface area contributed by atoms with Gasteiger partial charge in [-0.1, -0.05) is 6.07 Å². The zero-order valence-electron chi connectivity index (χ0n) is 8.66. The Morgan fingerprint density at radius 1 is 1.29 bits per heavy atom. The zero-order valence-corrected chi connectivity index (χ0v) is 10.3. The maximum atomic E-state index is 5.22. The van der Waals surface area contributed by atoms with Crippen LogP contribution in [-0.2, 0) is 4.74 Å². The van der Waals surface area contributed by atoms with Gasteiger partial charge in [0.05, 0.1) is 6.61 Å². The quantitative estimate of drug-likeness (QED) is 0.562. The Morgan fingerprint density at radius 2 is 1.86 bits per heavy atom. The van der Waals surface area contributed by atoms with Gasteiger partial charge >= 0.3 is 0 Å². The standard InChI is InChI=1S/C11H14OS2/c1-4-12-11(13)14-10-6-8(2)5-9(3)7-10/h5-7H,4H2,1-3H3. The van der Waals surface area contributed by atoms with Crippen LogP contribution < -0.4 is 0 Å². The molecule has 3 heteroatoms. The van der Waals surface area contributed by atoms with Crippen molar-refractivity contribution in [2.24, 2.45) is 0 Å². The third-order valence-corrected chi connectivity index (χ3v) is 2.78. The largest absolute Gasteiger partial charge is 0.479 e. The molecule has 0 N–H and O–H groups in total.